The smallest absolute Gasteiger partial charge is 0.237 e. The highest BCUT2D eigenvalue weighted by atomic mass is 35.5. The molecule has 2 aliphatic heterocycles. The Kier molecular flexibility index (Phi) is 6.39. The first-order valence-corrected chi connectivity index (χ1v) is 6.91. The van der Waals surface area contributed by atoms with Gasteiger partial charge in [0.05, 0.1) is 6.04 Å². The molecule has 0 saturated carbocycles. The van der Waals surface area contributed by atoms with Gasteiger partial charge >= 0.3 is 0 Å². The summed E-state index contributed by atoms with van der Waals surface area (Å²) in [6, 6.07) is 0.0821. The standard InChI is InChI=1S/C13H25N3O.ClH/c1-10(2)12-13(17)15-7-8-16(12)9-11-3-5-14-6-4-11;/h10-12,14H,3-9H2,1-2H3,(H,15,17);1H. The number of rotatable bonds is 3. The second-order valence-corrected chi connectivity index (χ2v) is 5.67. The molecule has 1 atom stereocenters. The maximum Gasteiger partial charge on any atom is 0.237 e. The van der Waals surface area contributed by atoms with Gasteiger partial charge in [0, 0.05) is 19.6 Å². The third kappa shape index (κ3) is 3.84. The molecular formula is C13H26ClN3O. The Balaban J connectivity index is 0.00000162. The van der Waals surface area contributed by atoms with E-state index < -0.39 is 0 Å². The molecule has 5 heteroatoms. The maximum atomic E-state index is 11.9. The van der Waals surface area contributed by atoms with Gasteiger partial charge < -0.3 is 10.6 Å². The molecule has 0 radical (unpaired) electrons. The van der Waals surface area contributed by atoms with Crippen LogP contribution < -0.4 is 10.6 Å². The fourth-order valence-corrected chi connectivity index (χ4v) is 3.06. The van der Waals surface area contributed by atoms with E-state index in [0.717, 1.165) is 38.6 Å². The molecule has 2 N–H and O–H groups in total. The van der Waals surface area contributed by atoms with Crippen LogP contribution in [0.1, 0.15) is 26.7 Å². The molecule has 2 saturated heterocycles. The summed E-state index contributed by atoms with van der Waals surface area (Å²) in [5, 5.41) is 6.38. The van der Waals surface area contributed by atoms with Crippen molar-refractivity contribution in [3.8, 4) is 0 Å². The number of hydrogen-bond donors (Lipinski definition) is 2. The van der Waals surface area contributed by atoms with E-state index in [9.17, 15) is 4.79 Å². The number of hydrogen-bond acceptors (Lipinski definition) is 3. The Morgan fingerprint density at radius 1 is 1.28 bits per heavy atom. The van der Waals surface area contributed by atoms with Crippen molar-refractivity contribution in [2.75, 3.05) is 32.7 Å². The van der Waals surface area contributed by atoms with Crippen molar-refractivity contribution in [3.05, 3.63) is 0 Å². The summed E-state index contributed by atoms with van der Waals surface area (Å²) >= 11 is 0. The molecule has 0 bridgehead atoms. The van der Waals surface area contributed by atoms with E-state index in [0.29, 0.717) is 5.92 Å². The number of piperidine rings is 1. The van der Waals surface area contributed by atoms with Gasteiger partial charge in [-0.05, 0) is 37.8 Å². The lowest BCUT2D eigenvalue weighted by molar-refractivity contribution is -0.131. The van der Waals surface area contributed by atoms with Crippen LogP contribution in [0.4, 0.5) is 0 Å². The van der Waals surface area contributed by atoms with Crippen LogP contribution in [-0.4, -0.2) is 49.6 Å². The molecule has 1 amide bonds. The van der Waals surface area contributed by atoms with Gasteiger partial charge in [-0.3, -0.25) is 9.69 Å². The number of carbonyl (C=O) groups excluding carboxylic acids is 1. The SMILES string of the molecule is CC(C)C1C(=O)NCCN1CC1CCNCC1.Cl. The van der Waals surface area contributed by atoms with Crippen LogP contribution in [0.15, 0.2) is 0 Å². The van der Waals surface area contributed by atoms with Gasteiger partial charge in [-0.15, -0.1) is 12.4 Å². The van der Waals surface area contributed by atoms with Crippen LogP contribution in [0.25, 0.3) is 0 Å². The van der Waals surface area contributed by atoms with Crippen LogP contribution in [-0.2, 0) is 4.79 Å². The summed E-state index contributed by atoms with van der Waals surface area (Å²) in [5.41, 5.74) is 0. The van der Waals surface area contributed by atoms with Crippen molar-refractivity contribution in [1.82, 2.24) is 15.5 Å². The number of amides is 1. The summed E-state index contributed by atoms with van der Waals surface area (Å²) in [6.45, 7) is 9.48. The van der Waals surface area contributed by atoms with Crippen LogP contribution in [0.2, 0.25) is 0 Å². The zero-order valence-electron chi connectivity index (χ0n) is 11.4. The van der Waals surface area contributed by atoms with Crippen molar-refractivity contribution >= 4 is 18.3 Å². The minimum Gasteiger partial charge on any atom is -0.353 e. The first kappa shape index (κ1) is 15.7. The predicted octanol–water partition coefficient (Wildman–Crippen LogP) is 0.864. The summed E-state index contributed by atoms with van der Waals surface area (Å²) in [4.78, 5) is 14.3. The van der Waals surface area contributed by atoms with Gasteiger partial charge in [-0.25, -0.2) is 0 Å². The number of carbonyl (C=O) groups is 1. The van der Waals surface area contributed by atoms with Crippen LogP contribution in [0.5, 0.6) is 0 Å². The topological polar surface area (TPSA) is 44.4 Å². The summed E-state index contributed by atoms with van der Waals surface area (Å²) in [6.07, 6.45) is 2.51. The zero-order valence-corrected chi connectivity index (χ0v) is 12.3. The maximum absolute atomic E-state index is 11.9. The lowest BCUT2D eigenvalue weighted by Gasteiger charge is -2.40. The molecule has 4 nitrogen and oxygen atoms in total. The number of halogens is 1. The normalized spacial score (nSPS) is 26.8. The van der Waals surface area contributed by atoms with Crippen molar-refractivity contribution in [1.29, 1.82) is 0 Å². The Labute approximate surface area is 116 Å². The van der Waals surface area contributed by atoms with Gasteiger partial charge in [-0.1, -0.05) is 13.8 Å². The second kappa shape index (κ2) is 7.31. The van der Waals surface area contributed by atoms with Crippen molar-refractivity contribution < 1.29 is 4.79 Å². The lowest BCUT2D eigenvalue weighted by Crippen LogP contribution is -2.58. The highest BCUT2D eigenvalue weighted by molar-refractivity contribution is 5.85. The largest absolute Gasteiger partial charge is 0.353 e. The van der Waals surface area contributed by atoms with Crippen molar-refractivity contribution in [2.45, 2.75) is 32.7 Å². The summed E-state index contributed by atoms with van der Waals surface area (Å²) < 4.78 is 0. The molecule has 106 valence electrons. The molecule has 2 aliphatic rings. The van der Waals surface area contributed by atoms with E-state index in [1.807, 2.05) is 0 Å². The highest BCUT2D eigenvalue weighted by Crippen LogP contribution is 2.19. The van der Waals surface area contributed by atoms with E-state index >= 15 is 0 Å². The zero-order chi connectivity index (χ0) is 12.3. The third-order valence-corrected chi connectivity index (χ3v) is 3.94. The fraction of sp³-hybridized carbons (Fsp3) is 0.923. The highest BCUT2D eigenvalue weighted by Gasteiger charge is 2.33. The first-order chi connectivity index (χ1) is 8.18. The molecule has 0 aliphatic carbocycles. The van der Waals surface area contributed by atoms with Crippen LogP contribution in [0.3, 0.4) is 0 Å². The molecule has 2 heterocycles. The van der Waals surface area contributed by atoms with Gasteiger partial charge in [0.2, 0.25) is 5.91 Å². The van der Waals surface area contributed by atoms with E-state index in [-0.39, 0.29) is 24.4 Å². The Hall–Kier alpha value is -0.320. The van der Waals surface area contributed by atoms with E-state index in [1.165, 1.54) is 12.8 Å². The molecule has 18 heavy (non-hydrogen) atoms. The van der Waals surface area contributed by atoms with Crippen LogP contribution in [0, 0.1) is 11.8 Å². The number of nitrogens with zero attached hydrogens (tertiary/aromatic N) is 1. The number of nitrogens with one attached hydrogen (secondary N) is 2. The van der Waals surface area contributed by atoms with E-state index in [2.05, 4.69) is 29.4 Å². The first-order valence-electron chi connectivity index (χ1n) is 6.91. The average Bonchev–Trinajstić information content (AvgIpc) is 2.30. The van der Waals surface area contributed by atoms with Crippen LogP contribution >= 0.6 is 12.4 Å². The molecule has 0 aromatic rings. The molecule has 0 aromatic carbocycles. The Morgan fingerprint density at radius 3 is 2.56 bits per heavy atom. The van der Waals surface area contributed by atoms with E-state index in [1.54, 1.807) is 0 Å². The lowest BCUT2D eigenvalue weighted by atomic mass is 9.93. The van der Waals surface area contributed by atoms with Crippen molar-refractivity contribution in [2.24, 2.45) is 11.8 Å². The van der Waals surface area contributed by atoms with Gasteiger partial charge in [0.25, 0.3) is 0 Å². The van der Waals surface area contributed by atoms with Gasteiger partial charge in [0.1, 0.15) is 0 Å². The Morgan fingerprint density at radius 2 is 1.94 bits per heavy atom. The second-order valence-electron chi connectivity index (χ2n) is 5.67. The molecular weight excluding hydrogens is 250 g/mol. The molecule has 2 fully saturated rings. The Bertz CT molecular complexity index is 267. The molecule has 1 unspecified atom stereocenters. The van der Waals surface area contributed by atoms with Gasteiger partial charge in [-0.2, -0.15) is 0 Å². The average molecular weight is 276 g/mol. The quantitative estimate of drug-likeness (QED) is 0.803. The van der Waals surface area contributed by atoms with Crippen molar-refractivity contribution in [3.63, 3.8) is 0 Å². The monoisotopic (exact) mass is 275 g/mol. The molecule has 0 spiro atoms. The summed E-state index contributed by atoms with van der Waals surface area (Å²) in [5.74, 6) is 1.39. The molecule has 2 rings (SSSR count). The molecule has 0 aromatic heterocycles. The third-order valence-electron chi connectivity index (χ3n) is 3.94. The minimum atomic E-state index is 0. The summed E-state index contributed by atoms with van der Waals surface area (Å²) in [7, 11) is 0. The number of piperazine rings is 1. The van der Waals surface area contributed by atoms with Gasteiger partial charge in [0.15, 0.2) is 0 Å². The fourth-order valence-electron chi connectivity index (χ4n) is 3.06. The van der Waals surface area contributed by atoms with E-state index in [4.69, 9.17) is 0 Å². The minimum absolute atomic E-state index is 0. The predicted molar refractivity (Wildman–Crippen MR) is 76.1 cm³/mol.